The van der Waals surface area contributed by atoms with Gasteiger partial charge >= 0.3 is 0 Å². The van der Waals surface area contributed by atoms with Crippen LogP contribution in [0, 0.1) is 6.92 Å². The van der Waals surface area contributed by atoms with E-state index in [0.29, 0.717) is 20.0 Å². The number of hydrogen-bond acceptors (Lipinski definition) is 4. The molecule has 0 bridgehead atoms. The minimum atomic E-state index is -0.832. The lowest BCUT2D eigenvalue weighted by atomic mass is 9.89. The first-order chi connectivity index (χ1) is 9.97. The Morgan fingerprint density at radius 3 is 2.52 bits per heavy atom. The second kappa shape index (κ2) is 6.99. The predicted octanol–water partition coefficient (Wildman–Crippen LogP) is 4.15. The summed E-state index contributed by atoms with van der Waals surface area (Å²) >= 11 is 13.3. The van der Waals surface area contributed by atoms with Gasteiger partial charge in [-0.25, -0.2) is 0 Å². The molecule has 2 rings (SSSR count). The number of aliphatic hydroxyl groups excluding tert-OH is 1. The van der Waals surface area contributed by atoms with Gasteiger partial charge in [-0.15, -0.1) is 11.3 Å². The molecule has 21 heavy (non-hydrogen) atoms. The van der Waals surface area contributed by atoms with E-state index >= 15 is 0 Å². The summed E-state index contributed by atoms with van der Waals surface area (Å²) in [5.74, 6) is 0.385. The minimum Gasteiger partial charge on any atom is -0.496 e. The largest absolute Gasteiger partial charge is 0.496 e. The van der Waals surface area contributed by atoms with Crippen LogP contribution >= 0.6 is 34.5 Å². The topological polar surface area (TPSA) is 55.5 Å². The van der Waals surface area contributed by atoms with Gasteiger partial charge in [0.15, 0.2) is 0 Å². The van der Waals surface area contributed by atoms with Crippen LogP contribution in [0.3, 0.4) is 0 Å². The van der Waals surface area contributed by atoms with Gasteiger partial charge in [0, 0.05) is 23.6 Å². The highest BCUT2D eigenvalue weighted by molar-refractivity contribution is 7.20. The molecule has 3 nitrogen and oxygen atoms in total. The summed E-state index contributed by atoms with van der Waals surface area (Å²) < 4.78 is 6.41. The third kappa shape index (κ3) is 3.52. The molecule has 0 fully saturated rings. The van der Waals surface area contributed by atoms with Crippen molar-refractivity contribution in [2.24, 2.45) is 5.73 Å². The molecule has 114 valence electrons. The lowest BCUT2D eigenvalue weighted by Crippen LogP contribution is -2.20. The van der Waals surface area contributed by atoms with Gasteiger partial charge in [0.25, 0.3) is 0 Å². The number of nitrogens with two attached hydrogens (primary N) is 1. The Hall–Kier alpha value is -0.780. The van der Waals surface area contributed by atoms with E-state index in [9.17, 15) is 5.11 Å². The van der Waals surface area contributed by atoms with Crippen LogP contribution in [0.15, 0.2) is 24.3 Å². The van der Waals surface area contributed by atoms with Crippen molar-refractivity contribution in [1.82, 2.24) is 0 Å². The van der Waals surface area contributed by atoms with E-state index in [4.69, 9.17) is 33.7 Å². The fourth-order valence-corrected chi connectivity index (χ4v) is 3.88. The number of hydrogen-bond donors (Lipinski definition) is 2. The van der Waals surface area contributed by atoms with Gasteiger partial charge in [-0.3, -0.25) is 0 Å². The van der Waals surface area contributed by atoms with Crippen molar-refractivity contribution in [3.8, 4) is 5.75 Å². The van der Waals surface area contributed by atoms with Crippen molar-refractivity contribution in [1.29, 1.82) is 0 Å². The van der Waals surface area contributed by atoms with Gasteiger partial charge in [0.1, 0.15) is 10.1 Å². The second-order valence-corrected chi connectivity index (χ2v) is 7.10. The Bertz CT molecular complexity index is 630. The average molecular weight is 346 g/mol. The summed E-state index contributed by atoms with van der Waals surface area (Å²) in [6, 6.07) is 7.49. The Balaban J connectivity index is 2.44. The van der Waals surface area contributed by atoms with Crippen LogP contribution < -0.4 is 10.5 Å². The summed E-state index contributed by atoms with van der Waals surface area (Å²) in [6.07, 6.45) is -0.832. The zero-order valence-electron chi connectivity index (χ0n) is 11.8. The molecule has 1 aromatic heterocycles. The molecule has 3 N–H and O–H groups in total. The number of benzene rings is 1. The van der Waals surface area contributed by atoms with Gasteiger partial charge in [0.2, 0.25) is 0 Å². The lowest BCUT2D eigenvalue weighted by Gasteiger charge is -2.24. The van der Waals surface area contributed by atoms with Crippen molar-refractivity contribution in [3.05, 3.63) is 49.6 Å². The molecule has 0 amide bonds. The van der Waals surface area contributed by atoms with E-state index in [-0.39, 0.29) is 12.5 Å². The number of halogens is 2. The quantitative estimate of drug-likeness (QED) is 0.855. The molecule has 6 heteroatoms. The monoisotopic (exact) mass is 345 g/mol. The Morgan fingerprint density at radius 2 is 2.00 bits per heavy atom. The molecule has 1 aromatic carbocycles. The van der Waals surface area contributed by atoms with Crippen molar-refractivity contribution in [3.63, 3.8) is 0 Å². The maximum Gasteiger partial charge on any atom is 0.122 e. The molecular formula is C15H17Cl2NO2S. The minimum absolute atomic E-state index is 0.269. The second-order valence-electron chi connectivity index (χ2n) is 4.81. The van der Waals surface area contributed by atoms with Crippen LogP contribution in [0.4, 0.5) is 0 Å². The molecule has 0 saturated heterocycles. The first kappa shape index (κ1) is 16.6. The van der Waals surface area contributed by atoms with E-state index in [2.05, 4.69) is 0 Å². The molecule has 2 unspecified atom stereocenters. The highest BCUT2D eigenvalue weighted by Crippen LogP contribution is 2.42. The Kier molecular flexibility index (Phi) is 5.52. The molecule has 0 saturated carbocycles. The maximum absolute atomic E-state index is 10.7. The maximum atomic E-state index is 10.7. The molecule has 0 spiro atoms. The third-order valence-corrected chi connectivity index (χ3v) is 4.94. The molecule has 0 radical (unpaired) electrons. The number of rotatable bonds is 5. The van der Waals surface area contributed by atoms with E-state index in [1.807, 2.05) is 25.1 Å². The predicted molar refractivity (Wildman–Crippen MR) is 88.8 cm³/mol. The van der Waals surface area contributed by atoms with E-state index < -0.39 is 6.10 Å². The van der Waals surface area contributed by atoms with E-state index in [1.54, 1.807) is 13.2 Å². The molecule has 2 atom stereocenters. The molecule has 0 aliphatic carbocycles. The van der Waals surface area contributed by atoms with Gasteiger partial charge in [-0.05, 0) is 19.1 Å². The van der Waals surface area contributed by atoms with Crippen LogP contribution in [0.1, 0.15) is 28.7 Å². The van der Waals surface area contributed by atoms with E-state index in [1.165, 1.54) is 11.3 Å². The highest BCUT2D eigenvalue weighted by atomic mass is 35.5. The fraction of sp³-hybridized carbons (Fsp3) is 0.333. The highest BCUT2D eigenvalue weighted by Gasteiger charge is 2.27. The van der Waals surface area contributed by atoms with Gasteiger partial charge in [-0.1, -0.05) is 40.9 Å². The summed E-state index contributed by atoms with van der Waals surface area (Å²) in [5.41, 5.74) is 8.43. The Morgan fingerprint density at radius 1 is 1.29 bits per heavy atom. The van der Waals surface area contributed by atoms with Crippen LogP contribution in [0.5, 0.6) is 5.75 Å². The first-order valence-electron chi connectivity index (χ1n) is 6.45. The zero-order chi connectivity index (χ0) is 15.6. The number of aliphatic hydroxyl groups is 1. The summed E-state index contributed by atoms with van der Waals surface area (Å²) in [4.78, 5) is 0. The molecule has 0 aliphatic rings. The summed E-state index contributed by atoms with van der Waals surface area (Å²) in [6.45, 7) is 2.25. The standard InChI is InChI=1S/C15H17Cl2NO2S/c1-8-3-4-12(20-2)9(5-8)11(7-18)14(19)10-6-13(16)21-15(10)17/h3-6,11,14,19H,7,18H2,1-2H3. The normalized spacial score (nSPS) is 14.0. The van der Waals surface area contributed by atoms with Gasteiger partial charge in [-0.2, -0.15) is 0 Å². The molecular weight excluding hydrogens is 329 g/mol. The molecule has 1 heterocycles. The van der Waals surface area contributed by atoms with Gasteiger partial charge < -0.3 is 15.6 Å². The SMILES string of the molecule is COc1ccc(C)cc1C(CN)C(O)c1cc(Cl)sc1Cl. The summed E-state index contributed by atoms with van der Waals surface area (Å²) in [7, 11) is 1.60. The third-order valence-electron chi connectivity index (χ3n) is 3.42. The zero-order valence-corrected chi connectivity index (χ0v) is 14.1. The number of aryl methyl sites for hydroxylation is 1. The Labute approximate surface area is 138 Å². The van der Waals surface area contributed by atoms with Crippen molar-refractivity contribution in [2.75, 3.05) is 13.7 Å². The van der Waals surface area contributed by atoms with Crippen LogP contribution in [-0.2, 0) is 0 Å². The number of thiophene rings is 1. The smallest absolute Gasteiger partial charge is 0.122 e. The lowest BCUT2D eigenvalue weighted by molar-refractivity contribution is 0.146. The summed E-state index contributed by atoms with van der Waals surface area (Å²) in [5, 5.41) is 10.7. The fourth-order valence-electron chi connectivity index (χ4n) is 2.34. The number of methoxy groups -OCH3 is 1. The van der Waals surface area contributed by atoms with Crippen molar-refractivity contribution in [2.45, 2.75) is 18.9 Å². The average Bonchev–Trinajstić information content (AvgIpc) is 2.78. The van der Waals surface area contributed by atoms with Gasteiger partial charge in [0.05, 0.1) is 17.6 Å². The van der Waals surface area contributed by atoms with Crippen LogP contribution in [0.2, 0.25) is 8.67 Å². The van der Waals surface area contributed by atoms with Crippen molar-refractivity contribution >= 4 is 34.5 Å². The molecule has 0 aliphatic heterocycles. The number of ether oxygens (including phenoxy) is 1. The molecule has 2 aromatic rings. The van der Waals surface area contributed by atoms with Crippen molar-refractivity contribution < 1.29 is 9.84 Å². The first-order valence-corrected chi connectivity index (χ1v) is 8.02. The van der Waals surface area contributed by atoms with Crippen LogP contribution in [-0.4, -0.2) is 18.8 Å². The van der Waals surface area contributed by atoms with E-state index in [0.717, 1.165) is 11.1 Å². The van der Waals surface area contributed by atoms with Crippen LogP contribution in [0.25, 0.3) is 0 Å².